The standard InChI is InChI=1S/C22H20F3NOS/c1-28-18-10-6-14(7-11-18)19-13-17-3-2-12-26(17)21(27)20(19)15-4-8-16(9-5-15)22(23,24)25/h4-11,17H,2-3,12-13H2,1H3. The molecule has 2 heterocycles. The van der Waals surface area contributed by atoms with E-state index < -0.39 is 11.7 Å². The smallest absolute Gasteiger partial charge is 0.335 e. The SMILES string of the molecule is CSc1ccc(C2=C(c3ccc(C(F)(F)F)cc3)C(=O)N3CCCC3C2)cc1. The Kier molecular flexibility index (Phi) is 5.00. The van der Waals surface area contributed by atoms with Crippen molar-refractivity contribution in [2.75, 3.05) is 12.8 Å². The van der Waals surface area contributed by atoms with Gasteiger partial charge in [0.25, 0.3) is 5.91 Å². The summed E-state index contributed by atoms with van der Waals surface area (Å²) in [6, 6.07) is 13.2. The molecule has 0 radical (unpaired) electrons. The molecular formula is C22H20F3NOS. The van der Waals surface area contributed by atoms with E-state index in [4.69, 9.17) is 0 Å². The number of rotatable bonds is 3. The molecule has 1 fully saturated rings. The van der Waals surface area contributed by atoms with Gasteiger partial charge < -0.3 is 4.90 Å². The molecule has 2 aliphatic heterocycles. The summed E-state index contributed by atoms with van der Waals surface area (Å²) in [7, 11) is 0. The lowest BCUT2D eigenvalue weighted by Crippen LogP contribution is -2.39. The van der Waals surface area contributed by atoms with Gasteiger partial charge in [-0.3, -0.25) is 4.79 Å². The lowest BCUT2D eigenvalue weighted by molar-refractivity contribution is -0.137. The van der Waals surface area contributed by atoms with Crippen molar-refractivity contribution in [1.82, 2.24) is 4.90 Å². The first-order valence-electron chi connectivity index (χ1n) is 9.24. The van der Waals surface area contributed by atoms with Crippen molar-refractivity contribution in [3.05, 3.63) is 65.2 Å². The van der Waals surface area contributed by atoms with E-state index in [0.717, 1.165) is 47.4 Å². The highest BCUT2D eigenvalue weighted by molar-refractivity contribution is 7.98. The molecule has 1 unspecified atom stereocenters. The molecule has 0 saturated carbocycles. The van der Waals surface area contributed by atoms with Gasteiger partial charge in [-0.1, -0.05) is 24.3 Å². The maximum atomic E-state index is 13.2. The summed E-state index contributed by atoms with van der Waals surface area (Å²) in [5.41, 5.74) is 2.27. The van der Waals surface area contributed by atoms with E-state index in [2.05, 4.69) is 0 Å². The molecule has 2 aliphatic rings. The summed E-state index contributed by atoms with van der Waals surface area (Å²) in [6.07, 6.45) is 0.289. The second kappa shape index (κ2) is 7.32. The van der Waals surface area contributed by atoms with Crippen LogP contribution >= 0.6 is 11.8 Å². The molecule has 1 amide bonds. The molecule has 6 heteroatoms. The van der Waals surface area contributed by atoms with E-state index in [1.807, 2.05) is 35.4 Å². The molecule has 0 N–H and O–H groups in total. The Morgan fingerprint density at radius 1 is 1.00 bits per heavy atom. The number of halogens is 3. The number of carbonyl (C=O) groups excluding carboxylic acids is 1. The monoisotopic (exact) mass is 403 g/mol. The number of carbonyl (C=O) groups is 1. The number of fused-ring (bicyclic) bond motifs is 1. The van der Waals surface area contributed by atoms with Gasteiger partial charge >= 0.3 is 6.18 Å². The van der Waals surface area contributed by atoms with E-state index >= 15 is 0 Å². The molecule has 0 spiro atoms. The van der Waals surface area contributed by atoms with Crippen LogP contribution in [0.1, 0.15) is 36.0 Å². The molecule has 0 aromatic heterocycles. The summed E-state index contributed by atoms with van der Waals surface area (Å²) >= 11 is 1.64. The van der Waals surface area contributed by atoms with E-state index in [-0.39, 0.29) is 11.9 Å². The summed E-state index contributed by atoms with van der Waals surface area (Å²) in [6.45, 7) is 0.715. The largest absolute Gasteiger partial charge is 0.416 e. The van der Waals surface area contributed by atoms with Crippen molar-refractivity contribution in [1.29, 1.82) is 0 Å². The zero-order chi connectivity index (χ0) is 19.9. The molecule has 2 nitrogen and oxygen atoms in total. The third kappa shape index (κ3) is 3.46. The number of hydrogen-bond donors (Lipinski definition) is 0. The summed E-state index contributed by atoms with van der Waals surface area (Å²) in [5.74, 6) is -0.0718. The number of hydrogen-bond acceptors (Lipinski definition) is 2. The second-order valence-corrected chi connectivity index (χ2v) is 8.04. The molecule has 146 valence electrons. The van der Waals surface area contributed by atoms with Gasteiger partial charge in [-0.15, -0.1) is 11.8 Å². The third-order valence-corrected chi connectivity index (χ3v) is 6.28. The van der Waals surface area contributed by atoms with Gasteiger partial charge in [-0.05, 0) is 66.5 Å². The minimum atomic E-state index is -4.39. The zero-order valence-electron chi connectivity index (χ0n) is 15.4. The van der Waals surface area contributed by atoms with Crippen molar-refractivity contribution in [2.45, 2.75) is 36.4 Å². The average molecular weight is 403 g/mol. The summed E-state index contributed by atoms with van der Waals surface area (Å²) < 4.78 is 38.8. The summed E-state index contributed by atoms with van der Waals surface area (Å²) in [4.78, 5) is 16.2. The fourth-order valence-corrected chi connectivity index (χ4v) is 4.51. The van der Waals surface area contributed by atoms with Crippen LogP contribution in [0.3, 0.4) is 0 Å². The minimum Gasteiger partial charge on any atom is -0.335 e. The lowest BCUT2D eigenvalue weighted by atomic mass is 9.85. The van der Waals surface area contributed by atoms with Crippen LogP contribution in [0.2, 0.25) is 0 Å². The van der Waals surface area contributed by atoms with Crippen LogP contribution in [0.15, 0.2) is 53.4 Å². The van der Waals surface area contributed by atoms with Gasteiger partial charge in [0.05, 0.1) is 11.1 Å². The van der Waals surface area contributed by atoms with Crippen molar-refractivity contribution in [3.63, 3.8) is 0 Å². The predicted octanol–water partition coefficient (Wildman–Crippen LogP) is 5.73. The van der Waals surface area contributed by atoms with Crippen LogP contribution in [0.5, 0.6) is 0 Å². The maximum absolute atomic E-state index is 13.2. The fraction of sp³-hybridized carbons (Fsp3) is 0.318. The van der Waals surface area contributed by atoms with Gasteiger partial charge in [0, 0.05) is 17.5 Å². The van der Waals surface area contributed by atoms with E-state index in [1.165, 1.54) is 12.1 Å². The van der Waals surface area contributed by atoms with Gasteiger partial charge in [0.2, 0.25) is 0 Å². The first-order chi connectivity index (χ1) is 13.4. The van der Waals surface area contributed by atoms with Crippen molar-refractivity contribution < 1.29 is 18.0 Å². The van der Waals surface area contributed by atoms with E-state index in [1.54, 1.807) is 11.8 Å². The quantitative estimate of drug-likeness (QED) is 0.610. The molecule has 28 heavy (non-hydrogen) atoms. The summed E-state index contributed by atoms with van der Waals surface area (Å²) in [5, 5.41) is 0. The van der Waals surface area contributed by atoms with Crippen LogP contribution < -0.4 is 0 Å². The third-order valence-electron chi connectivity index (χ3n) is 5.53. The predicted molar refractivity (Wildman–Crippen MR) is 106 cm³/mol. The highest BCUT2D eigenvalue weighted by Gasteiger charge is 2.38. The lowest BCUT2D eigenvalue weighted by Gasteiger charge is -2.33. The number of benzene rings is 2. The van der Waals surface area contributed by atoms with Crippen LogP contribution in [-0.2, 0) is 11.0 Å². The van der Waals surface area contributed by atoms with Crippen molar-refractivity contribution in [3.8, 4) is 0 Å². The molecular weight excluding hydrogens is 383 g/mol. The van der Waals surface area contributed by atoms with Crippen molar-refractivity contribution in [2.24, 2.45) is 0 Å². The number of nitrogens with zero attached hydrogens (tertiary/aromatic N) is 1. The molecule has 0 bridgehead atoms. The fourth-order valence-electron chi connectivity index (χ4n) is 4.10. The van der Waals surface area contributed by atoms with Gasteiger partial charge in [-0.25, -0.2) is 0 Å². The number of amides is 1. The second-order valence-electron chi connectivity index (χ2n) is 7.16. The number of thioether (sulfide) groups is 1. The Morgan fingerprint density at radius 3 is 2.25 bits per heavy atom. The minimum absolute atomic E-state index is 0.0718. The molecule has 2 aromatic carbocycles. The normalized spacial score (nSPS) is 19.9. The first kappa shape index (κ1) is 19.1. The molecule has 1 saturated heterocycles. The molecule has 0 aliphatic carbocycles. The van der Waals surface area contributed by atoms with Crippen molar-refractivity contribution >= 4 is 28.8 Å². The van der Waals surface area contributed by atoms with Crippen LogP contribution in [0.25, 0.3) is 11.1 Å². The Bertz CT molecular complexity index is 916. The number of alkyl halides is 3. The Morgan fingerprint density at radius 2 is 1.64 bits per heavy atom. The van der Waals surface area contributed by atoms with E-state index in [9.17, 15) is 18.0 Å². The average Bonchev–Trinajstić information content (AvgIpc) is 3.16. The van der Waals surface area contributed by atoms with E-state index in [0.29, 0.717) is 17.7 Å². The Labute approximate surface area is 166 Å². The van der Waals surface area contributed by atoms with Crippen LogP contribution in [0.4, 0.5) is 13.2 Å². The Balaban J connectivity index is 1.82. The molecule has 2 aromatic rings. The highest BCUT2D eigenvalue weighted by Crippen LogP contribution is 2.41. The van der Waals surface area contributed by atoms with Crippen LogP contribution in [-0.4, -0.2) is 29.6 Å². The molecule has 1 atom stereocenters. The van der Waals surface area contributed by atoms with Gasteiger partial charge in [0.1, 0.15) is 0 Å². The topological polar surface area (TPSA) is 20.3 Å². The van der Waals surface area contributed by atoms with Crippen LogP contribution in [0, 0.1) is 0 Å². The van der Waals surface area contributed by atoms with Gasteiger partial charge in [0.15, 0.2) is 0 Å². The maximum Gasteiger partial charge on any atom is 0.416 e. The van der Waals surface area contributed by atoms with Gasteiger partial charge in [-0.2, -0.15) is 13.2 Å². The first-order valence-corrected chi connectivity index (χ1v) is 10.5. The highest BCUT2D eigenvalue weighted by atomic mass is 32.2. The Hall–Kier alpha value is -2.21. The molecule has 4 rings (SSSR count). The zero-order valence-corrected chi connectivity index (χ0v) is 16.2.